The first kappa shape index (κ1) is 27.6. The van der Waals surface area contributed by atoms with Crippen molar-refractivity contribution < 1.29 is 0 Å². The molecule has 5 heterocycles. The van der Waals surface area contributed by atoms with Crippen molar-refractivity contribution in [3.8, 4) is 5.69 Å². The van der Waals surface area contributed by atoms with Crippen LogP contribution in [0.3, 0.4) is 0 Å². The second-order valence-electron chi connectivity index (χ2n) is 13.1. The predicted molar refractivity (Wildman–Crippen MR) is 164 cm³/mol. The topological polar surface area (TPSA) is 84.1 Å². The largest absolute Gasteiger partial charge is 0.324 e. The van der Waals surface area contributed by atoms with Gasteiger partial charge >= 0.3 is 0 Å². The van der Waals surface area contributed by atoms with E-state index in [1.165, 1.54) is 30.6 Å². The molecule has 1 atom stereocenters. The molecule has 3 aromatic heterocycles. The molecule has 0 saturated carbocycles. The van der Waals surface area contributed by atoms with Crippen molar-refractivity contribution in [2.45, 2.75) is 65.5 Å². The number of hydrogen-bond donors (Lipinski definition) is 1. The van der Waals surface area contributed by atoms with Crippen molar-refractivity contribution in [2.24, 2.45) is 5.92 Å². The summed E-state index contributed by atoms with van der Waals surface area (Å²) in [5.41, 5.74) is 5.91. The molecule has 1 aromatic carbocycles. The molecule has 1 unspecified atom stereocenters. The van der Waals surface area contributed by atoms with Crippen LogP contribution >= 0.6 is 0 Å². The molecule has 216 valence electrons. The average Bonchev–Trinajstić information content (AvgIpc) is 3.47. The number of rotatable bonds is 6. The minimum absolute atomic E-state index is 0.0624. The molecule has 0 spiro atoms. The minimum Gasteiger partial charge on any atom is -0.324 e. The fourth-order valence-corrected chi connectivity index (χ4v) is 6.25. The molecule has 0 radical (unpaired) electrons. The maximum absolute atomic E-state index is 13.5. The van der Waals surface area contributed by atoms with E-state index in [9.17, 15) is 4.79 Å². The summed E-state index contributed by atoms with van der Waals surface area (Å²) in [6.45, 7) is 16.1. The lowest BCUT2D eigenvalue weighted by molar-refractivity contribution is 0.214. The number of nitrogens with zero attached hydrogens (tertiary/aromatic N) is 7. The number of fused-ring (bicyclic) bond motifs is 2. The first-order valence-electron chi connectivity index (χ1n) is 14.8. The summed E-state index contributed by atoms with van der Waals surface area (Å²) in [6, 6.07) is 10.5. The lowest BCUT2D eigenvalue weighted by atomic mass is 9.91. The van der Waals surface area contributed by atoms with Gasteiger partial charge in [0.05, 0.1) is 5.69 Å². The molecular formula is C32H42N8O. The number of pyridine rings is 1. The molecule has 1 fully saturated rings. The highest BCUT2D eigenvalue weighted by atomic mass is 16.1. The fourth-order valence-electron chi connectivity index (χ4n) is 6.25. The Morgan fingerprint density at radius 2 is 1.90 bits per heavy atom. The third-order valence-electron chi connectivity index (χ3n) is 8.43. The molecule has 9 nitrogen and oxygen atoms in total. The molecule has 2 aliphatic heterocycles. The number of anilines is 2. The summed E-state index contributed by atoms with van der Waals surface area (Å²) >= 11 is 0. The number of nitrogens with one attached hydrogen (secondary N) is 1. The van der Waals surface area contributed by atoms with Crippen molar-refractivity contribution in [3.05, 3.63) is 69.9 Å². The van der Waals surface area contributed by atoms with E-state index in [-0.39, 0.29) is 17.0 Å². The van der Waals surface area contributed by atoms with E-state index in [1.807, 2.05) is 30.7 Å². The quantitative estimate of drug-likeness (QED) is 0.363. The van der Waals surface area contributed by atoms with E-state index < -0.39 is 0 Å². The van der Waals surface area contributed by atoms with E-state index in [0.29, 0.717) is 17.0 Å². The van der Waals surface area contributed by atoms with E-state index in [0.717, 1.165) is 49.0 Å². The minimum atomic E-state index is -0.126. The van der Waals surface area contributed by atoms with Crippen LogP contribution in [0, 0.1) is 5.92 Å². The van der Waals surface area contributed by atoms with Gasteiger partial charge in [0, 0.05) is 61.4 Å². The Balaban J connectivity index is 1.31. The van der Waals surface area contributed by atoms with Gasteiger partial charge in [-0.2, -0.15) is 4.98 Å². The molecule has 1 N–H and O–H groups in total. The Morgan fingerprint density at radius 1 is 1.07 bits per heavy atom. The van der Waals surface area contributed by atoms with E-state index in [1.54, 1.807) is 17.1 Å². The lowest BCUT2D eigenvalue weighted by Crippen LogP contribution is -2.35. The van der Waals surface area contributed by atoms with Crippen molar-refractivity contribution in [3.63, 3.8) is 0 Å². The van der Waals surface area contributed by atoms with Crippen LogP contribution in [0.5, 0.6) is 0 Å². The summed E-state index contributed by atoms with van der Waals surface area (Å²) in [4.78, 5) is 32.5. The van der Waals surface area contributed by atoms with Gasteiger partial charge in [0.2, 0.25) is 5.95 Å². The highest BCUT2D eigenvalue weighted by Crippen LogP contribution is 2.28. The van der Waals surface area contributed by atoms with E-state index in [4.69, 9.17) is 4.98 Å². The van der Waals surface area contributed by atoms with Gasteiger partial charge in [-0.25, -0.2) is 14.3 Å². The van der Waals surface area contributed by atoms with Gasteiger partial charge < -0.3 is 10.2 Å². The monoisotopic (exact) mass is 554 g/mol. The molecule has 9 heteroatoms. The van der Waals surface area contributed by atoms with Crippen LogP contribution in [-0.2, 0) is 18.4 Å². The molecule has 41 heavy (non-hydrogen) atoms. The summed E-state index contributed by atoms with van der Waals surface area (Å²) in [6.07, 6.45) is 5.83. The van der Waals surface area contributed by atoms with Gasteiger partial charge in [-0.3, -0.25) is 14.7 Å². The third-order valence-corrected chi connectivity index (χ3v) is 8.43. The van der Waals surface area contributed by atoms with Crippen LogP contribution in [0.15, 0.2) is 47.5 Å². The molecule has 2 aliphatic rings. The second kappa shape index (κ2) is 10.7. The highest BCUT2D eigenvalue weighted by molar-refractivity contribution is 5.77. The average molecular weight is 555 g/mol. The molecule has 1 saturated heterocycles. The van der Waals surface area contributed by atoms with Gasteiger partial charge in [-0.15, -0.1) is 0 Å². The maximum Gasteiger partial charge on any atom is 0.278 e. The van der Waals surface area contributed by atoms with Crippen LogP contribution < -0.4 is 10.9 Å². The zero-order valence-electron chi connectivity index (χ0n) is 25.2. The maximum atomic E-state index is 13.5. The van der Waals surface area contributed by atoms with Crippen molar-refractivity contribution in [2.75, 3.05) is 38.5 Å². The summed E-state index contributed by atoms with van der Waals surface area (Å²) in [5, 5.41) is 3.93. The van der Waals surface area contributed by atoms with Crippen LogP contribution in [0.25, 0.3) is 16.7 Å². The van der Waals surface area contributed by atoms with Gasteiger partial charge in [0.15, 0.2) is 5.65 Å². The highest BCUT2D eigenvalue weighted by Gasteiger charge is 2.25. The van der Waals surface area contributed by atoms with Crippen LogP contribution in [-0.4, -0.2) is 67.3 Å². The smallest absolute Gasteiger partial charge is 0.278 e. The van der Waals surface area contributed by atoms with Gasteiger partial charge in [-0.05, 0) is 81.6 Å². The second-order valence-corrected chi connectivity index (χ2v) is 13.1. The third kappa shape index (κ3) is 5.53. The number of aromatic nitrogens is 5. The Hall–Kier alpha value is -3.56. The van der Waals surface area contributed by atoms with Crippen LogP contribution in [0.2, 0.25) is 0 Å². The van der Waals surface area contributed by atoms with Gasteiger partial charge in [0.25, 0.3) is 5.56 Å². The lowest BCUT2D eigenvalue weighted by Gasteiger charge is -2.31. The Kier molecular flexibility index (Phi) is 7.20. The molecule has 4 aromatic rings. The molecule has 0 amide bonds. The zero-order chi connectivity index (χ0) is 28.9. The summed E-state index contributed by atoms with van der Waals surface area (Å²) < 4.78 is 3.66. The number of benzene rings is 1. The van der Waals surface area contributed by atoms with E-state index in [2.05, 4.69) is 71.1 Å². The molecule has 6 rings (SSSR count). The Bertz CT molecular complexity index is 1630. The Morgan fingerprint density at radius 3 is 2.63 bits per heavy atom. The fraction of sp³-hybridized carbons (Fsp3) is 0.500. The van der Waals surface area contributed by atoms with E-state index >= 15 is 0 Å². The van der Waals surface area contributed by atoms with Crippen LogP contribution in [0.1, 0.15) is 63.9 Å². The standard InChI is InChI=1S/C32H42N8O/c1-21(2)39-30(41)27-17-34-31(36-29(27)40(39)26-9-12-33-28(16-26)32(3,4)5)35-25-8-7-23-11-14-38(20-24(23)15-25)19-22-10-13-37(6)18-22/h7-9,12,15-17,21-22H,10-11,13-14,18-20H2,1-6H3,(H,34,35,36). The molecular weight excluding hydrogens is 512 g/mol. The van der Waals surface area contributed by atoms with Gasteiger partial charge in [0.1, 0.15) is 5.39 Å². The summed E-state index contributed by atoms with van der Waals surface area (Å²) in [7, 11) is 2.22. The Labute approximate surface area is 242 Å². The molecule has 0 aliphatic carbocycles. The van der Waals surface area contributed by atoms with Crippen molar-refractivity contribution in [1.29, 1.82) is 0 Å². The van der Waals surface area contributed by atoms with Crippen LogP contribution in [0.4, 0.5) is 11.6 Å². The number of likely N-dealkylation sites (tertiary alicyclic amines) is 1. The van der Waals surface area contributed by atoms with Crippen molar-refractivity contribution >= 4 is 22.7 Å². The van der Waals surface area contributed by atoms with Crippen molar-refractivity contribution in [1.82, 2.24) is 34.1 Å². The normalized spacial score (nSPS) is 18.4. The number of hydrogen-bond acceptors (Lipinski definition) is 7. The predicted octanol–water partition coefficient (Wildman–Crippen LogP) is 4.91. The first-order chi connectivity index (χ1) is 19.6. The first-order valence-corrected chi connectivity index (χ1v) is 14.8. The van der Waals surface area contributed by atoms with Gasteiger partial charge in [-0.1, -0.05) is 26.8 Å². The zero-order valence-corrected chi connectivity index (χ0v) is 25.2. The SMILES string of the molecule is CC(C)n1c(=O)c2cnc(Nc3ccc4c(c3)CN(CC3CCN(C)C3)CC4)nc2n1-c1ccnc(C(C)(C)C)c1. The molecule has 0 bridgehead atoms. The summed E-state index contributed by atoms with van der Waals surface area (Å²) in [5.74, 6) is 1.23.